The Kier molecular flexibility index (Phi) is 5.08. The van der Waals surface area contributed by atoms with Crippen molar-refractivity contribution in [1.82, 2.24) is 5.32 Å². The Bertz CT molecular complexity index is 601. The van der Waals surface area contributed by atoms with Gasteiger partial charge in [-0.2, -0.15) is 0 Å². The molecule has 0 fully saturated rings. The van der Waals surface area contributed by atoms with Crippen molar-refractivity contribution in [1.29, 1.82) is 0 Å². The van der Waals surface area contributed by atoms with E-state index in [1.807, 2.05) is 0 Å². The normalized spacial score (nSPS) is 11.8. The van der Waals surface area contributed by atoms with Crippen molar-refractivity contribution >= 4 is 23.3 Å². The molecular formula is C14H15ClN2O4. The van der Waals surface area contributed by atoms with Crippen LogP contribution in [-0.2, 0) is 0 Å². The lowest BCUT2D eigenvalue weighted by molar-refractivity contribution is 0.149. The van der Waals surface area contributed by atoms with Crippen LogP contribution in [0.25, 0.3) is 0 Å². The highest BCUT2D eigenvalue weighted by atomic mass is 35.5. The summed E-state index contributed by atoms with van der Waals surface area (Å²) < 4.78 is 10.1. The molecule has 0 saturated carbocycles. The molecule has 6 nitrogen and oxygen atoms in total. The highest BCUT2D eigenvalue weighted by Crippen LogP contribution is 2.27. The topological polar surface area (TPSA) is 83.7 Å². The molecule has 3 N–H and O–H groups in total. The number of aliphatic hydroxyl groups excluding tert-OH is 1. The summed E-state index contributed by atoms with van der Waals surface area (Å²) in [5.41, 5.74) is 0.519. The van der Waals surface area contributed by atoms with E-state index < -0.39 is 12.1 Å². The van der Waals surface area contributed by atoms with Crippen molar-refractivity contribution < 1.29 is 19.1 Å². The van der Waals surface area contributed by atoms with Crippen LogP contribution < -0.4 is 15.4 Å². The van der Waals surface area contributed by atoms with E-state index in [1.165, 1.54) is 13.4 Å². The SMILES string of the molecule is COc1ccc(NC(=O)NCC(O)c2ccco2)cc1Cl. The third-order valence-corrected chi connectivity index (χ3v) is 3.03. The van der Waals surface area contributed by atoms with Crippen LogP contribution in [0.2, 0.25) is 5.02 Å². The fourth-order valence-electron chi connectivity index (χ4n) is 1.69. The van der Waals surface area contributed by atoms with Crippen molar-refractivity contribution in [2.45, 2.75) is 6.10 Å². The molecule has 2 rings (SSSR count). The summed E-state index contributed by atoms with van der Waals surface area (Å²) in [7, 11) is 1.51. The molecule has 1 unspecified atom stereocenters. The molecule has 112 valence electrons. The number of ether oxygens (including phenoxy) is 1. The van der Waals surface area contributed by atoms with Gasteiger partial charge >= 0.3 is 6.03 Å². The number of anilines is 1. The molecule has 1 aromatic heterocycles. The average Bonchev–Trinajstić information content (AvgIpc) is 2.99. The predicted molar refractivity (Wildman–Crippen MR) is 78.7 cm³/mol. The number of carbonyl (C=O) groups is 1. The maximum atomic E-state index is 11.7. The molecule has 21 heavy (non-hydrogen) atoms. The third-order valence-electron chi connectivity index (χ3n) is 2.74. The summed E-state index contributed by atoms with van der Waals surface area (Å²) >= 11 is 5.96. The number of furan rings is 1. The molecule has 0 spiro atoms. The number of aliphatic hydroxyl groups is 1. The largest absolute Gasteiger partial charge is 0.495 e. The Morgan fingerprint density at radius 2 is 2.29 bits per heavy atom. The van der Waals surface area contributed by atoms with Crippen LogP contribution in [0.3, 0.4) is 0 Å². The van der Waals surface area contributed by atoms with Crippen LogP contribution in [-0.4, -0.2) is 24.8 Å². The Morgan fingerprint density at radius 1 is 1.48 bits per heavy atom. The lowest BCUT2D eigenvalue weighted by Crippen LogP contribution is -2.32. The number of halogens is 1. The maximum Gasteiger partial charge on any atom is 0.319 e. The molecule has 0 aliphatic heterocycles. The van der Waals surface area contributed by atoms with Gasteiger partial charge in [0.05, 0.1) is 24.9 Å². The first-order chi connectivity index (χ1) is 10.1. The Morgan fingerprint density at radius 3 is 2.90 bits per heavy atom. The lowest BCUT2D eigenvalue weighted by Gasteiger charge is -2.11. The van der Waals surface area contributed by atoms with Crippen molar-refractivity contribution in [3.8, 4) is 5.75 Å². The van der Waals surface area contributed by atoms with Gasteiger partial charge in [-0.25, -0.2) is 4.79 Å². The summed E-state index contributed by atoms with van der Waals surface area (Å²) in [6, 6.07) is 7.72. The molecule has 0 aliphatic carbocycles. The van der Waals surface area contributed by atoms with Crippen molar-refractivity contribution in [2.24, 2.45) is 0 Å². The summed E-state index contributed by atoms with van der Waals surface area (Å²) in [6.07, 6.45) is 0.558. The smallest absolute Gasteiger partial charge is 0.319 e. The van der Waals surface area contributed by atoms with Crippen LogP contribution in [0.4, 0.5) is 10.5 Å². The first kappa shape index (κ1) is 15.2. The Balaban J connectivity index is 1.86. The highest BCUT2D eigenvalue weighted by molar-refractivity contribution is 6.32. The minimum Gasteiger partial charge on any atom is -0.495 e. The van der Waals surface area contributed by atoms with Crippen molar-refractivity contribution in [3.05, 3.63) is 47.4 Å². The number of benzene rings is 1. The number of rotatable bonds is 5. The fourth-order valence-corrected chi connectivity index (χ4v) is 1.95. The quantitative estimate of drug-likeness (QED) is 0.793. The number of urea groups is 1. The molecule has 2 amide bonds. The average molecular weight is 311 g/mol. The monoisotopic (exact) mass is 310 g/mol. The van der Waals surface area contributed by atoms with E-state index in [0.29, 0.717) is 22.2 Å². The standard InChI is InChI=1S/C14H15ClN2O4/c1-20-12-5-4-9(7-10(12)15)17-14(19)16-8-11(18)13-3-2-6-21-13/h2-7,11,18H,8H2,1H3,(H2,16,17,19). The first-order valence-electron chi connectivity index (χ1n) is 6.20. The second kappa shape index (κ2) is 7.01. The van der Waals surface area contributed by atoms with Gasteiger partial charge in [0, 0.05) is 5.69 Å². The molecule has 0 bridgehead atoms. The number of hydrogen-bond donors (Lipinski definition) is 3. The van der Waals surface area contributed by atoms with Gasteiger partial charge in [0.2, 0.25) is 0 Å². The molecular weight excluding hydrogens is 296 g/mol. The molecule has 2 aromatic rings. The maximum absolute atomic E-state index is 11.7. The minimum atomic E-state index is -0.898. The number of nitrogens with one attached hydrogen (secondary N) is 2. The fraction of sp³-hybridized carbons (Fsp3) is 0.214. The van der Waals surface area contributed by atoms with Crippen LogP contribution >= 0.6 is 11.6 Å². The van der Waals surface area contributed by atoms with Crippen molar-refractivity contribution in [2.75, 3.05) is 19.0 Å². The molecule has 7 heteroatoms. The highest BCUT2D eigenvalue weighted by Gasteiger charge is 2.12. The van der Waals surface area contributed by atoms with Crippen LogP contribution in [0, 0.1) is 0 Å². The van der Waals surface area contributed by atoms with Gasteiger partial charge in [-0.15, -0.1) is 0 Å². The summed E-state index contributed by atoms with van der Waals surface area (Å²) in [4.78, 5) is 11.7. The van der Waals surface area contributed by atoms with E-state index in [9.17, 15) is 9.90 Å². The number of amides is 2. The molecule has 1 aromatic carbocycles. The van der Waals surface area contributed by atoms with Gasteiger partial charge in [0.1, 0.15) is 17.6 Å². The summed E-state index contributed by atoms with van der Waals surface area (Å²) in [5, 5.41) is 15.3. The van der Waals surface area contributed by atoms with Gasteiger partial charge in [0.15, 0.2) is 0 Å². The van der Waals surface area contributed by atoms with Crippen LogP contribution in [0.15, 0.2) is 41.0 Å². The zero-order valence-corrected chi connectivity index (χ0v) is 12.1. The van der Waals surface area contributed by atoms with E-state index in [0.717, 1.165) is 0 Å². The molecule has 1 atom stereocenters. The van der Waals surface area contributed by atoms with Gasteiger partial charge in [-0.1, -0.05) is 11.6 Å². The van der Waals surface area contributed by atoms with E-state index >= 15 is 0 Å². The lowest BCUT2D eigenvalue weighted by atomic mass is 10.3. The van der Waals surface area contributed by atoms with Crippen LogP contribution in [0.1, 0.15) is 11.9 Å². The minimum absolute atomic E-state index is 0.0310. The zero-order chi connectivity index (χ0) is 15.2. The van der Waals surface area contributed by atoms with Gasteiger partial charge in [-0.05, 0) is 30.3 Å². The molecule has 0 radical (unpaired) electrons. The van der Waals surface area contributed by atoms with E-state index in [1.54, 1.807) is 30.3 Å². The van der Waals surface area contributed by atoms with E-state index in [4.69, 9.17) is 20.8 Å². The van der Waals surface area contributed by atoms with E-state index in [-0.39, 0.29) is 6.54 Å². The number of methoxy groups -OCH3 is 1. The second-order valence-corrected chi connectivity index (χ2v) is 4.62. The summed E-state index contributed by atoms with van der Waals surface area (Å²) in [6.45, 7) is 0.0310. The van der Waals surface area contributed by atoms with Gasteiger partial charge in [-0.3, -0.25) is 0 Å². The second-order valence-electron chi connectivity index (χ2n) is 4.22. The number of hydrogen-bond acceptors (Lipinski definition) is 4. The molecule has 0 saturated heterocycles. The van der Waals surface area contributed by atoms with Gasteiger partial charge in [0.25, 0.3) is 0 Å². The van der Waals surface area contributed by atoms with Crippen LogP contribution in [0.5, 0.6) is 5.75 Å². The third kappa shape index (κ3) is 4.14. The predicted octanol–water partition coefficient (Wildman–Crippen LogP) is 2.80. The summed E-state index contributed by atoms with van der Waals surface area (Å²) in [5.74, 6) is 0.915. The molecule has 1 heterocycles. The van der Waals surface area contributed by atoms with Crippen molar-refractivity contribution in [3.63, 3.8) is 0 Å². The first-order valence-corrected chi connectivity index (χ1v) is 6.58. The molecule has 0 aliphatic rings. The Hall–Kier alpha value is -2.18. The van der Waals surface area contributed by atoms with Gasteiger partial charge < -0.3 is 24.9 Å². The zero-order valence-electron chi connectivity index (χ0n) is 11.3. The number of carbonyl (C=O) groups excluding carboxylic acids is 1. The van der Waals surface area contributed by atoms with E-state index in [2.05, 4.69) is 10.6 Å². The Labute approximate surface area is 126 Å².